The molecule has 0 radical (unpaired) electrons. The summed E-state index contributed by atoms with van der Waals surface area (Å²) in [5.74, 6) is -0.712. The lowest BCUT2D eigenvalue weighted by atomic mass is 10.1. The molecule has 0 N–H and O–H groups in total. The molecule has 0 fully saturated rings. The molecule has 0 aromatic heterocycles. The van der Waals surface area contributed by atoms with Crippen molar-refractivity contribution in [3.8, 4) is 0 Å². The van der Waals surface area contributed by atoms with Crippen molar-refractivity contribution >= 4 is 20.1 Å². The third-order valence-electron chi connectivity index (χ3n) is 4.44. The van der Waals surface area contributed by atoms with Crippen LogP contribution in [0.2, 0.25) is 18.1 Å². The fourth-order valence-electron chi connectivity index (χ4n) is 2.01. The summed E-state index contributed by atoms with van der Waals surface area (Å²) in [6.45, 7) is 15.5. The number of unbranched alkanes of at least 4 members (excludes halogenated alkanes) is 1. The Hall–Kier alpha value is -1.20. The molecule has 0 saturated carbocycles. The van der Waals surface area contributed by atoms with Gasteiger partial charge in [0.2, 0.25) is 0 Å². The summed E-state index contributed by atoms with van der Waals surface area (Å²) in [6.07, 6.45) is 10.1. The Bertz CT molecular complexity index is 473. The first-order valence-corrected chi connectivity index (χ1v) is 12.1. The van der Waals surface area contributed by atoms with Crippen LogP contribution in [0.1, 0.15) is 60.3 Å². The van der Waals surface area contributed by atoms with Crippen molar-refractivity contribution in [2.24, 2.45) is 0 Å². The molecule has 0 bridgehead atoms. The summed E-state index contributed by atoms with van der Waals surface area (Å²) < 4.78 is 11.1. The average molecular weight is 369 g/mol. The van der Waals surface area contributed by atoms with Crippen LogP contribution in [0.3, 0.4) is 0 Å². The van der Waals surface area contributed by atoms with Gasteiger partial charge in [-0.1, -0.05) is 39.0 Å². The Labute approximate surface area is 154 Å². The van der Waals surface area contributed by atoms with Gasteiger partial charge in [0.1, 0.15) is 6.42 Å². The maximum absolute atomic E-state index is 11.5. The second kappa shape index (κ2) is 11.4. The number of rotatable bonds is 11. The van der Waals surface area contributed by atoms with E-state index in [1.165, 1.54) is 6.08 Å². The van der Waals surface area contributed by atoms with Crippen LogP contribution in [0, 0.1) is 0 Å². The predicted molar refractivity (Wildman–Crippen MR) is 106 cm³/mol. The third-order valence-corrected chi connectivity index (χ3v) is 9.04. The first-order chi connectivity index (χ1) is 11.5. The zero-order chi connectivity index (χ0) is 19.5. The Kier molecular flexibility index (Phi) is 10.9. The standard InChI is InChI=1S/C20H36O4Si/c1-8-23-19(22)16-18(21)15-13-11-9-10-12-14-17(2)24-25(6,7)20(3,4)5/h9,11,13,15,17H,8,10,12,14,16H2,1-7H3/b11-9+,15-13+/t17-/m1/s1. The Morgan fingerprint density at radius 2 is 1.80 bits per heavy atom. The van der Waals surface area contributed by atoms with Crippen molar-refractivity contribution in [3.05, 3.63) is 24.3 Å². The summed E-state index contributed by atoms with van der Waals surface area (Å²) in [4.78, 5) is 22.6. The average Bonchev–Trinajstić information content (AvgIpc) is 2.44. The van der Waals surface area contributed by atoms with Crippen LogP contribution in [0.15, 0.2) is 24.3 Å². The minimum absolute atomic E-state index is 0.194. The number of carbonyl (C=O) groups excluding carboxylic acids is 2. The molecule has 0 aliphatic rings. The highest BCUT2D eigenvalue weighted by atomic mass is 28.4. The molecule has 0 amide bonds. The molecule has 5 heteroatoms. The highest BCUT2D eigenvalue weighted by Gasteiger charge is 2.38. The van der Waals surface area contributed by atoms with E-state index in [1.54, 1.807) is 13.0 Å². The molecule has 0 spiro atoms. The molecule has 0 rings (SSSR count). The van der Waals surface area contributed by atoms with E-state index < -0.39 is 14.3 Å². The summed E-state index contributed by atoms with van der Waals surface area (Å²) in [6, 6.07) is 0. The van der Waals surface area contributed by atoms with Gasteiger partial charge < -0.3 is 9.16 Å². The Balaban J connectivity index is 4.01. The van der Waals surface area contributed by atoms with E-state index >= 15 is 0 Å². The smallest absolute Gasteiger partial charge is 0.313 e. The maximum atomic E-state index is 11.5. The van der Waals surface area contributed by atoms with Gasteiger partial charge in [-0.15, -0.1) is 0 Å². The summed E-state index contributed by atoms with van der Waals surface area (Å²) >= 11 is 0. The van der Waals surface area contributed by atoms with E-state index in [0.29, 0.717) is 6.61 Å². The normalized spacial score (nSPS) is 14.2. The molecule has 0 aliphatic carbocycles. The minimum Gasteiger partial charge on any atom is -0.466 e. The van der Waals surface area contributed by atoms with Crippen LogP contribution < -0.4 is 0 Å². The largest absolute Gasteiger partial charge is 0.466 e. The SMILES string of the molecule is CCOC(=O)CC(=O)/C=C/C=C/CCC[C@@H](C)O[Si](C)(C)C(C)(C)C. The quantitative estimate of drug-likeness (QED) is 0.126. The molecule has 4 nitrogen and oxygen atoms in total. The van der Waals surface area contributed by atoms with Crippen molar-refractivity contribution in [2.75, 3.05) is 6.61 Å². The van der Waals surface area contributed by atoms with Crippen molar-refractivity contribution in [3.63, 3.8) is 0 Å². The Morgan fingerprint density at radius 1 is 1.16 bits per heavy atom. The molecule has 144 valence electrons. The van der Waals surface area contributed by atoms with Crippen LogP contribution in [0.25, 0.3) is 0 Å². The molecule has 0 aliphatic heterocycles. The molecular formula is C20H36O4Si. The maximum Gasteiger partial charge on any atom is 0.313 e. The second-order valence-corrected chi connectivity index (χ2v) is 12.6. The van der Waals surface area contributed by atoms with Crippen LogP contribution in [-0.4, -0.2) is 32.8 Å². The van der Waals surface area contributed by atoms with Gasteiger partial charge in [-0.3, -0.25) is 9.59 Å². The van der Waals surface area contributed by atoms with E-state index in [1.807, 2.05) is 12.2 Å². The van der Waals surface area contributed by atoms with E-state index in [-0.39, 0.29) is 23.3 Å². The molecule has 0 heterocycles. The number of allylic oxidation sites excluding steroid dienone is 4. The lowest BCUT2D eigenvalue weighted by molar-refractivity contribution is -0.144. The minimum atomic E-state index is -1.69. The lowest BCUT2D eigenvalue weighted by Gasteiger charge is -2.38. The topological polar surface area (TPSA) is 52.6 Å². The molecule has 25 heavy (non-hydrogen) atoms. The molecular weight excluding hydrogens is 332 g/mol. The fraction of sp³-hybridized carbons (Fsp3) is 0.700. The number of hydrogen-bond donors (Lipinski definition) is 0. The van der Waals surface area contributed by atoms with Crippen LogP contribution in [0.5, 0.6) is 0 Å². The number of carbonyl (C=O) groups is 2. The zero-order valence-electron chi connectivity index (χ0n) is 17.1. The van der Waals surface area contributed by atoms with E-state index in [2.05, 4.69) is 40.8 Å². The monoisotopic (exact) mass is 368 g/mol. The summed E-state index contributed by atoms with van der Waals surface area (Å²) in [5.41, 5.74) is 0. The van der Waals surface area contributed by atoms with Gasteiger partial charge in [0.15, 0.2) is 14.1 Å². The predicted octanol–water partition coefficient (Wildman–Crippen LogP) is 5.20. The van der Waals surface area contributed by atoms with Gasteiger partial charge in [-0.25, -0.2) is 0 Å². The number of ether oxygens (including phenoxy) is 1. The van der Waals surface area contributed by atoms with Gasteiger partial charge in [-0.05, 0) is 57.3 Å². The third kappa shape index (κ3) is 11.1. The van der Waals surface area contributed by atoms with Crippen molar-refractivity contribution < 1.29 is 18.8 Å². The van der Waals surface area contributed by atoms with E-state index in [9.17, 15) is 9.59 Å². The summed E-state index contributed by atoms with van der Waals surface area (Å²) in [7, 11) is -1.69. The van der Waals surface area contributed by atoms with Gasteiger partial charge in [0.25, 0.3) is 0 Å². The van der Waals surface area contributed by atoms with E-state index in [0.717, 1.165) is 19.3 Å². The van der Waals surface area contributed by atoms with Crippen LogP contribution >= 0.6 is 0 Å². The van der Waals surface area contributed by atoms with Crippen molar-refractivity contribution in [2.45, 2.75) is 84.5 Å². The number of ketones is 1. The summed E-state index contributed by atoms with van der Waals surface area (Å²) in [5, 5.41) is 0.238. The first-order valence-electron chi connectivity index (χ1n) is 9.19. The number of hydrogen-bond acceptors (Lipinski definition) is 4. The first kappa shape index (κ1) is 23.8. The van der Waals surface area contributed by atoms with Gasteiger partial charge >= 0.3 is 5.97 Å². The van der Waals surface area contributed by atoms with Gasteiger partial charge in [-0.2, -0.15) is 0 Å². The lowest BCUT2D eigenvalue weighted by Crippen LogP contribution is -2.43. The van der Waals surface area contributed by atoms with Gasteiger partial charge in [0.05, 0.1) is 6.61 Å². The number of esters is 1. The van der Waals surface area contributed by atoms with E-state index in [4.69, 9.17) is 9.16 Å². The van der Waals surface area contributed by atoms with Crippen LogP contribution in [-0.2, 0) is 18.8 Å². The Morgan fingerprint density at radius 3 is 2.36 bits per heavy atom. The van der Waals surface area contributed by atoms with Gasteiger partial charge in [0, 0.05) is 6.10 Å². The fourth-order valence-corrected chi connectivity index (χ4v) is 3.49. The highest BCUT2D eigenvalue weighted by Crippen LogP contribution is 2.37. The second-order valence-electron chi connectivity index (χ2n) is 7.86. The van der Waals surface area contributed by atoms with Crippen molar-refractivity contribution in [1.29, 1.82) is 0 Å². The molecule has 0 unspecified atom stereocenters. The molecule has 0 aromatic rings. The molecule has 0 saturated heterocycles. The molecule has 1 atom stereocenters. The zero-order valence-corrected chi connectivity index (χ0v) is 18.1. The highest BCUT2D eigenvalue weighted by molar-refractivity contribution is 6.74. The van der Waals surface area contributed by atoms with Crippen LogP contribution in [0.4, 0.5) is 0 Å². The molecule has 0 aromatic carbocycles. The van der Waals surface area contributed by atoms with Crippen molar-refractivity contribution in [1.82, 2.24) is 0 Å².